The van der Waals surface area contributed by atoms with Gasteiger partial charge in [-0.2, -0.15) is 30.6 Å². The Hall–Kier alpha value is -13.0. The summed E-state index contributed by atoms with van der Waals surface area (Å²) in [6.07, 6.45) is 0. The van der Waals surface area contributed by atoms with Crippen LogP contribution >= 0.6 is 0 Å². The summed E-state index contributed by atoms with van der Waals surface area (Å²) < 4.78 is 0. The molecule has 0 saturated heterocycles. The first-order chi connectivity index (χ1) is 49.9. The number of aromatic amines is 6. The van der Waals surface area contributed by atoms with Crippen LogP contribution in [0.25, 0.3) is 67.5 Å². The van der Waals surface area contributed by atoms with Crippen LogP contribution in [0.1, 0.15) is 67.0 Å². The van der Waals surface area contributed by atoms with Crippen LogP contribution < -0.4 is 31.9 Å². The molecule has 7 heterocycles. The minimum absolute atomic E-state index is 0.589. The largest absolute Gasteiger partial charge is 0.365 e. The molecule has 19 nitrogen and oxygen atoms in total. The highest BCUT2D eigenvalue weighted by molar-refractivity contribution is 5.68. The molecule has 0 atom stereocenters. The lowest BCUT2D eigenvalue weighted by molar-refractivity contribution is 0.948. The molecule has 0 radical (unpaired) electrons. The van der Waals surface area contributed by atoms with Gasteiger partial charge in [-0.25, -0.2) is 0 Å². The topological polar surface area (TPSA) is 257 Å². The van der Waals surface area contributed by atoms with E-state index in [9.17, 15) is 0 Å². The maximum Gasteiger partial charge on any atom is 0.148 e. The number of H-pyrrole nitrogens is 6. The van der Waals surface area contributed by atoms with Gasteiger partial charge in [0.15, 0.2) is 0 Å². The Balaban J connectivity index is 0.000000137. The van der Waals surface area contributed by atoms with Gasteiger partial charge in [0.2, 0.25) is 0 Å². The quantitative estimate of drug-likeness (QED) is 0.0269. The van der Waals surface area contributed by atoms with Crippen LogP contribution in [0.3, 0.4) is 0 Å². The van der Waals surface area contributed by atoms with E-state index < -0.39 is 0 Å². The van der Waals surface area contributed by atoms with Crippen molar-refractivity contribution in [2.24, 2.45) is 0 Å². The van der Waals surface area contributed by atoms with Crippen LogP contribution in [0.5, 0.6) is 0 Å². The fraction of sp³-hybridized carbons (Fsp3) is 0.145. The van der Waals surface area contributed by atoms with E-state index in [1.165, 1.54) is 55.6 Å². The van der Waals surface area contributed by atoms with E-state index >= 15 is 0 Å². The Morgan fingerprint density at radius 2 is 0.422 bits per heavy atom. The van der Waals surface area contributed by atoms with Crippen molar-refractivity contribution in [1.82, 2.24) is 66.2 Å². The van der Waals surface area contributed by atoms with Gasteiger partial charge in [0, 0.05) is 62.6 Å². The fourth-order valence-corrected chi connectivity index (χ4v) is 11.2. The van der Waals surface area contributed by atoms with Crippen molar-refractivity contribution in [2.45, 2.75) is 80.8 Å². The fourth-order valence-electron chi connectivity index (χ4n) is 11.2. The summed E-state index contributed by atoms with van der Waals surface area (Å²) in [5.41, 5.74) is 26.9. The third-order valence-electron chi connectivity index (χ3n) is 17.3. The number of rotatable bonds is 24. The number of nitrogens with zero attached hydrogens (tertiary/aromatic N) is 7. The summed E-state index contributed by atoms with van der Waals surface area (Å²) in [6, 6.07) is 85.7. The molecule has 19 heteroatoms. The highest BCUT2D eigenvalue weighted by Gasteiger charge is 2.12. The number of aromatic nitrogens is 13. The molecule has 0 fully saturated rings. The van der Waals surface area contributed by atoms with Gasteiger partial charge >= 0.3 is 0 Å². The molecule has 12 N–H and O–H groups in total. The van der Waals surface area contributed by atoms with Gasteiger partial charge in [-0.15, -0.1) is 0 Å². The molecule has 0 amide bonds. The summed E-state index contributed by atoms with van der Waals surface area (Å²) >= 11 is 0. The highest BCUT2D eigenvalue weighted by Crippen LogP contribution is 2.27. The predicted octanol–water partition coefficient (Wildman–Crippen LogP) is 18.3. The molecular weight excluding hydrogens is 1260 g/mol. The molecule has 0 saturated carbocycles. The monoisotopic (exact) mass is 1350 g/mol. The SMILES string of the molecule is Cc1ccc(-c2cc(NCc3ccc(CNc4cc(-c5ccc(C)cc5)[nH]n4)cc3)n[nH]2)cc1.Cc1ccc(-c2cc(NCc3cccc(CNc4cc(-c5ccc(C)cc5)[nH]n4)c3)n[nH]2)cc1.Cc1ccc(-c2cc(NCc3cccc(CNc4cc(-c5ccc(C)cc5)[nH]n4)n3)n[nH]2)cc1. The van der Waals surface area contributed by atoms with Gasteiger partial charge in [-0.05, 0) is 109 Å². The summed E-state index contributed by atoms with van der Waals surface area (Å²) in [4.78, 5) is 4.75. The van der Waals surface area contributed by atoms with E-state index in [0.29, 0.717) is 39.3 Å². The Bertz CT molecular complexity index is 4570. The van der Waals surface area contributed by atoms with Gasteiger partial charge in [0.1, 0.15) is 34.9 Å². The standard InChI is InChI=1S/2C28H28N6.C27H27N7/c1-19-3-11-23(12-4-19)25-15-27(33-31-25)29-17-21-7-9-22(10-8-21)18-30-28-16-26(32-34-28)24-13-5-20(2)6-14-24;1-19-6-10-23(11-7-19)25-15-27(33-31-25)29-17-21-4-3-5-22(14-21)18-30-28-16-26(32-34-28)24-12-8-20(2)9-13-24;1-18-6-10-20(11-7-18)24-14-26(33-31-24)28-16-22-4-3-5-23(30-22)17-29-27-15-25(32-34-27)21-12-8-19(2)9-13-21/h2*3-16H,17-18H2,1-2H3,(H2,29,31,33)(H2,30,32,34);3-15H,16-17H2,1-2H3,(H2,28,31,33)(H2,29,32,34). The lowest BCUT2D eigenvalue weighted by Crippen LogP contribution is -2.06. The van der Waals surface area contributed by atoms with Crippen molar-refractivity contribution in [3.63, 3.8) is 0 Å². The Morgan fingerprint density at radius 1 is 0.216 bits per heavy atom. The van der Waals surface area contributed by atoms with Crippen molar-refractivity contribution in [3.05, 3.63) is 316 Å². The Labute approximate surface area is 594 Å². The van der Waals surface area contributed by atoms with Crippen molar-refractivity contribution in [2.75, 3.05) is 31.9 Å². The highest BCUT2D eigenvalue weighted by atomic mass is 15.2. The molecule has 102 heavy (non-hydrogen) atoms. The zero-order chi connectivity index (χ0) is 70.0. The summed E-state index contributed by atoms with van der Waals surface area (Å²) in [6.45, 7) is 16.5. The van der Waals surface area contributed by atoms with Crippen LogP contribution in [0, 0.1) is 41.5 Å². The summed E-state index contributed by atoms with van der Waals surface area (Å²) in [5.74, 6) is 4.93. The van der Waals surface area contributed by atoms with Crippen molar-refractivity contribution in [3.8, 4) is 67.5 Å². The molecular formula is C83H83N19. The van der Waals surface area contributed by atoms with Crippen LogP contribution in [0.2, 0.25) is 0 Å². The van der Waals surface area contributed by atoms with Crippen molar-refractivity contribution < 1.29 is 0 Å². The predicted molar refractivity (Wildman–Crippen MR) is 414 cm³/mol. The summed E-state index contributed by atoms with van der Waals surface area (Å²) in [7, 11) is 0. The average Bonchev–Trinajstić information content (AvgIpc) is 1.77. The maximum absolute atomic E-state index is 4.75. The number of aryl methyl sites for hydroxylation is 6. The third kappa shape index (κ3) is 18.8. The number of pyridine rings is 1. The van der Waals surface area contributed by atoms with E-state index in [4.69, 9.17) is 4.98 Å². The maximum atomic E-state index is 4.75. The van der Waals surface area contributed by atoms with Crippen LogP contribution in [0.4, 0.5) is 34.9 Å². The zero-order valence-corrected chi connectivity index (χ0v) is 58.0. The van der Waals surface area contributed by atoms with E-state index in [0.717, 1.165) is 114 Å². The van der Waals surface area contributed by atoms with Crippen LogP contribution in [-0.4, -0.2) is 66.2 Å². The molecule has 0 aliphatic heterocycles. The zero-order valence-electron chi connectivity index (χ0n) is 58.0. The number of hydrogen-bond acceptors (Lipinski definition) is 13. The molecule has 0 aliphatic rings. The number of hydrogen-bond donors (Lipinski definition) is 12. The normalized spacial score (nSPS) is 10.9. The first kappa shape index (κ1) is 67.5. The third-order valence-corrected chi connectivity index (χ3v) is 17.3. The Morgan fingerprint density at radius 3 is 0.657 bits per heavy atom. The van der Waals surface area contributed by atoms with E-state index in [-0.39, 0.29) is 0 Å². The molecule has 0 spiro atoms. The first-order valence-corrected chi connectivity index (χ1v) is 34.2. The summed E-state index contributed by atoms with van der Waals surface area (Å²) in [5, 5.41) is 65.2. The van der Waals surface area contributed by atoms with Gasteiger partial charge in [-0.1, -0.05) is 234 Å². The van der Waals surface area contributed by atoms with Gasteiger partial charge in [0.25, 0.3) is 0 Å². The van der Waals surface area contributed by atoms with Crippen LogP contribution in [0.15, 0.2) is 249 Å². The van der Waals surface area contributed by atoms with Crippen molar-refractivity contribution >= 4 is 34.9 Å². The smallest absolute Gasteiger partial charge is 0.148 e. The van der Waals surface area contributed by atoms with E-state index in [1.807, 2.05) is 54.6 Å². The minimum Gasteiger partial charge on any atom is -0.365 e. The number of anilines is 6. The van der Waals surface area contributed by atoms with Crippen LogP contribution in [-0.2, 0) is 39.3 Å². The second-order valence-electron chi connectivity index (χ2n) is 25.6. The van der Waals surface area contributed by atoms with Gasteiger partial charge in [0.05, 0.1) is 58.6 Å². The molecule has 15 aromatic rings. The molecule has 7 aromatic heterocycles. The molecule has 0 bridgehead atoms. The number of benzene rings is 8. The molecule has 15 rings (SSSR count). The van der Waals surface area contributed by atoms with Gasteiger partial charge in [-0.3, -0.25) is 35.6 Å². The molecule has 8 aromatic carbocycles. The molecule has 510 valence electrons. The second-order valence-corrected chi connectivity index (χ2v) is 25.6. The van der Waals surface area contributed by atoms with Gasteiger partial charge < -0.3 is 31.9 Å². The number of nitrogens with one attached hydrogen (secondary N) is 12. The molecule has 0 unspecified atom stereocenters. The molecule has 0 aliphatic carbocycles. The van der Waals surface area contributed by atoms with Crippen molar-refractivity contribution in [1.29, 1.82) is 0 Å². The Kier molecular flexibility index (Phi) is 21.6. The first-order valence-electron chi connectivity index (χ1n) is 34.2. The van der Waals surface area contributed by atoms with E-state index in [1.54, 1.807) is 0 Å². The lowest BCUT2D eigenvalue weighted by atomic mass is 10.1. The second kappa shape index (κ2) is 32.6. The minimum atomic E-state index is 0.589. The average molecular weight is 1350 g/mol. The lowest BCUT2D eigenvalue weighted by Gasteiger charge is -2.07. The van der Waals surface area contributed by atoms with E-state index in [2.05, 4.69) is 329 Å².